The quantitative estimate of drug-likeness (QED) is 0.151. The van der Waals surface area contributed by atoms with Gasteiger partial charge >= 0.3 is 0 Å². The Morgan fingerprint density at radius 2 is 1.63 bits per heavy atom. The van der Waals surface area contributed by atoms with Gasteiger partial charge in [0.15, 0.2) is 0 Å². The number of hydrogen-bond donors (Lipinski definition) is 0. The molecule has 3 heterocycles. The van der Waals surface area contributed by atoms with Gasteiger partial charge in [-0.2, -0.15) is 0 Å². The van der Waals surface area contributed by atoms with E-state index in [9.17, 15) is 29.8 Å². The number of amides is 1. The van der Waals surface area contributed by atoms with Gasteiger partial charge in [0.1, 0.15) is 15.7 Å². The third kappa shape index (κ3) is 6.95. The van der Waals surface area contributed by atoms with Crippen molar-refractivity contribution in [2.45, 2.75) is 51.4 Å². The maximum Gasteiger partial charge on any atom is 0.291 e. The number of carbonyl (C=O) groups is 2. The Morgan fingerprint density at radius 1 is 0.918 bits per heavy atom. The van der Waals surface area contributed by atoms with Crippen molar-refractivity contribution in [1.82, 2.24) is 14.9 Å². The molecule has 7 rings (SSSR count). The van der Waals surface area contributed by atoms with Crippen molar-refractivity contribution in [2.75, 3.05) is 13.1 Å². The third-order valence-corrected chi connectivity index (χ3v) is 10.6. The van der Waals surface area contributed by atoms with Gasteiger partial charge in [-0.05, 0) is 107 Å². The van der Waals surface area contributed by atoms with Crippen LogP contribution in [0.3, 0.4) is 0 Å². The van der Waals surface area contributed by atoms with Crippen LogP contribution in [0.4, 0.5) is 11.4 Å². The van der Waals surface area contributed by atoms with Crippen LogP contribution in [0.1, 0.15) is 75.2 Å². The van der Waals surface area contributed by atoms with Gasteiger partial charge in [-0.3, -0.25) is 39.8 Å². The lowest BCUT2D eigenvalue weighted by Crippen LogP contribution is -2.38. The van der Waals surface area contributed by atoms with Crippen LogP contribution >= 0.6 is 39.1 Å². The molecule has 252 valence electrons. The zero-order valence-corrected chi connectivity index (χ0v) is 29.4. The van der Waals surface area contributed by atoms with E-state index in [0.717, 1.165) is 45.3 Å². The fourth-order valence-electron chi connectivity index (χ4n) is 7.18. The predicted molar refractivity (Wildman–Crippen MR) is 187 cm³/mol. The van der Waals surface area contributed by atoms with Crippen LogP contribution in [0.2, 0.25) is 10.0 Å². The molecule has 1 atom stereocenters. The summed E-state index contributed by atoms with van der Waals surface area (Å²) in [5, 5.41) is 23.0. The van der Waals surface area contributed by atoms with Crippen LogP contribution in [-0.4, -0.2) is 49.5 Å². The van der Waals surface area contributed by atoms with Gasteiger partial charge in [0, 0.05) is 60.0 Å². The number of carbonyl (C=O) groups excluding carboxylic acids is 2. The molecule has 14 heteroatoms. The van der Waals surface area contributed by atoms with Gasteiger partial charge < -0.3 is 4.90 Å². The van der Waals surface area contributed by atoms with Gasteiger partial charge in [-0.1, -0.05) is 35.3 Å². The van der Waals surface area contributed by atoms with Gasteiger partial charge in [-0.15, -0.1) is 0 Å². The van der Waals surface area contributed by atoms with E-state index >= 15 is 0 Å². The molecule has 1 unspecified atom stereocenters. The van der Waals surface area contributed by atoms with Gasteiger partial charge in [-0.25, -0.2) is 0 Å². The Hall–Kier alpha value is -4.26. The Morgan fingerprint density at radius 3 is 2.33 bits per heavy atom. The molecule has 11 nitrogen and oxygen atoms in total. The summed E-state index contributed by atoms with van der Waals surface area (Å²) in [6.07, 6.45) is 7.57. The highest BCUT2D eigenvalue weighted by atomic mass is 79.9. The van der Waals surface area contributed by atoms with E-state index in [1.165, 1.54) is 12.1 Å². The Labute approximate surface area is 300 Å². The fourth-order valence-corrected chi connectivity index (χ4v) is 8.06. The zero-order valence-electron chi connectivity index (χ0n) is 26.3. The van der Waals surface area contributed by atoms with E-state index in [0.29, 0.717) is 55.6 Å². The second-order valence-corrected chi connectivity index (χ2v) is 14.0. The summed E-state index contributed by atoms with van der Waals surface area (Å²) in [5.41, 5.74) is 5.80. The molecule has 1 amide bonds. The molecule has 2 aromatic carbocycles. The second-order valence-electron chi connectivity index (χ2n) is 12.3. The number of benzene rings is 2. The summed E-state index contributed by atoms with van der Waals surface area (Å²) < 4.78 is 0.795. The lowest BCUT2D eigenvalue weighted by Gasteiger charge is -2.36. The highest BCUT2D eigenvalue weighted by Gasteiger charge is 2.37. The van der Waals surface area contributed by atoms with Crippen LogP contribution in [0.15, 0.2) is 59.3 Å². The van der Waals surface area contributed by atoms with Crippen molar-refractivity contribution in [2.24, 2.45) is 5.92 Å². The van der Waals surface area contributed by atoms with Gasteiger partial charge in [0.05, 0.1) is 15.5 Å². The number of likely N-dealkylation sites (tertiary alicyclic amines) is 1. The van der Waals surface area contributed by atoms with Crippen molar-refractivity contribution in [3.8, 4) is 0 Å². The molecule has 4 aromatic rings. The molecule has 1 saturated heterocycles. The van der Waals surface area contributed by atoms with Gasteiger partial charge in [0.2, 0.25) is 11.7 Å². The number of aromatic nitrogens is 2. The van der Waals surface area contributed by atoms with Crippen LogP contribution in [0, 0.1) is 26.1 Å². The van der Waals surface area contributed by atoms with E-state index in [1.54, 1.807) is 25.4 Å². The molecule has 0 saturated carbocycles. The smallest absolute Gasteiger partial charge is 0.291 e. The maximum atomic E-state index is 12.6. The molecule has 0 N–H and O–H groups in total. The summed E-state index contributed by atoms with van der Waals surface area (Å²) in [4.78, 5) is 56.8. The number of nitro benzene ring substituents is 2. The normalized spacial score (nSPS) is 16.9. The van der Waals surface area contributed by atoms with Gasteiger partial charge in [0.25, 0.3) is 11.4 Å². The highest BCUT2D eigenvalue weighted by molar-refractivity contribution is 9.10. The molecule has 2 aliphatic carbocycles. The molecular formula is C35H30BrCl2N5O6. The average molecular weight is 767 g/mol. The van der Waals surface area contributed by atoms with Crippen molar-refractivity contribution in [3.63, 3.8) is 0 Å². The first-order chi connectivity index (χ1) is 23.4. The topological polar surface area (TPSA) is 149 Å². The average Bonchev–Trinajstić information content (AvgIpc) is 3.31. The number of pyridine rings is 2. The fraction of sp³-hybridized carbons (Fsp3) is 0.314. The van der Waals surface area contributed by atoms with E-state index in [1.807, 2.05) is 23.1 Å². The van der Waals surface area contributed by atoms with E-state index in [-0.39, 0.29) is 49.9 Å². The standard InChI is InChI=1S/C21H22ClN3O3.C14H8BrClN2O3/c1-13(26)24-11-8-14(9-12-24)19-16-6-7-18(22)21(25(27)28)17(16)5-4-15-3-2-10-23-20(15)19;15-9-3-8-2-1-7-4-11(16)12(18(20)21)5-10(7)14(19)13(8)17-6-9/h2-3,6-7,10,14,19H,4-5,8-9,11-12H2,1H3;3-6H,1-2H2. The molecule has 0 radical (unpaired) electrons. The number of halogens is 3. The molecule has 3 aliphatic rings. The van der Waals surface area contributed by atoms with Crippen LogP contribution in [0.25, 0.3) is 0 Å². The summed E-state index contributed by atoms with van der Waals surface area (Å²) in [6.45, 7) is 3.02. The number of nitrogens with zero attached hydrogens (tertiary/aromatic N) is 5. The largest absolute Gasteiger partial charge is 0.343 e. The maximum absolute atomic E-state index is 12.6. The first-order valence-corrected chi connectivity index (χ1v) is 17.3. The van der Waals surface area contributed by atoms with Crippen LogP contribution in [0.5, 0.6) is 0 Å². The minimum atomic E-state index is -0.587. The Kier molecular flexibility index (Phi) is 10.1. The number of piperidine rings is 1. The van der Waals surface area contributed by atoms with Crippen LogP contribution in [-0.2, 0) is 30.5 Å². The number of rotatable bonds is 3. The minimum Gasteiger partial charge on any atom is -0.343 e. The predicted octanol–water partition coefficient (Wildman–Crippen LogP) is 7.87. The van der Waals surface area contributed by atoms with Crippen molar-refractivity contribution < 1.29 is 19.4 Å². The Bertz CT molecular complexity index is 2020. The Balaban J connectivity index is 0.000000177. The lowest BCUT2D eigenvalue weighted by atomic mass is 9.76. The molecule has 0 bridgehead atoms. The first-order valence-electron chi connectivity index (χ1n) is 15.8. The first kappa shape index (κ1) is 34.6. The zero-order chi connectivity index (χ0) is 35.0. The molecule has 1 fully saturated rings. The second kappa shape index (κ2) is 14.3. The van der Waals surface area contributed by atoms with Crippen molar-refractivity contribution >= 4 is 62.2 Å². The molecule has 2 aromatic heterocycles. The highest BCUT2D eigenvalue weighted by Crippen LogP contribution is 2.46. The summed E-state index contributed by atoms with van der Waals surface area (Å²) in [7, 11) is 0. The van der Waals surface area contributed by atoms with E-state index in [4.69, 9.17) is 28.2 Å². The van der Waals surface area contributed by atoms with E-state index in [2.05, 4.69) is 27.0 Å². The number of nitro groups is 2. The number of aryl methyl sites for hydroxylation is 3. The van der Waals surface area contributed by atoms with E-state index < -0.39 is 4.92 Å². The number of fused-ring (bicyclic) bond motifs is 4. The molecular weight excluding hydrogens is 737 g/mol. The monoisotopic (exact) mass is 765 g/mol. The van der Waals surface area contributed by atoms with Crippen LogP contribution < -0.4 is 0 Å². The SMILES string of the molecule is CC(=O)N1CCC(C2c3ccc(Cl)c([N+](=O)[O-])c3CCc3cccnc32)CC1.O=C1c2cc([N+](=O)[O-])c(Cl)cc2CCc2cc(Br)cnc21. The molecule has 0 spiro atoms. The number of hydrogen-bond acceptors (Lipinski definition) is 8. The lowest BCUT2D eigenvalue weighted by molar-refractivity contribution is -0.385. The summed E-state index contributed by atoms with van der Waals surface area (Å²) >= 11 is 15.5. The number of ketones is 1. The molecule has 49 heavy (non-hydrogen) atoms. The summed E-state index contributed by atoms with van der Waals surface area (Å²) in [5.74, 6) is 0.0612. The minimum absolute atomic E-state index is 0.0150. The molecule has 1 aliphatic heterocycles. The third-order valence-electron chi connectivity index (χ3n) is 9.53. The van der Waals surface area contributed by atoms with Crippen molar-refractivity contribution in [1.29, 1.82) is 0 Å². The summed E-state index contributed by atoms with van der Waals surface area (Å²) in [6, 6.07) is 12.2. The van der Waals surface area contributed by atoms with Crippen molar-refractivity contribution in [3.05, 3.63) is 134 Å².